The molecule has 2 heterocycles. The van der Waals surface area contributed by atoms with Crippen LogP contribution < -0.4 is 5.32 Å². The molecule has 1 aromatic heterocycles. The molecule has 1 aromatic carbocycles. The van der Waals surface area contributed by atoms with E-state index in [0.717, 1.165) is 0 Å². The van der Waals surface area contributed by atoms with E-state index in [0.29, 0.717) is 6.42 Å². The number of carboxylic acids is 1. The minimum Gasteiger partial charge on any atom is -0.481 e. The lowest BCUT2D eigenvalue weighted by atomic mass is 10.1. The van der Waals surface area contributed by atoms with Gasteiger partial charge in [0, 0.05) is 18.8 Å². The molecule has 7 nitrogen and oxygen atoms in total. The number of fused-ring (bicyclic) bond motifs is 1. The second kappa shape index (κ2) is 6.35. The van der Waals surface area contributed by atoms with Gasteiger partial charge in [-0.05, 0) is 24.6 Å². The van der Waals surface area contributed by atoms with E-state index in [1.807, 2.05) is 4.98 Å². The van der Waals surface area contributed by atoms with Gasteiger partial charge in [0.1, 0.15) is 0 Å². The van der Waals surface area contributed by atoms with Crippen LogP contribution in [-0.2, 0) is 10.7 Å². The first-order chi connectivity index (χ1) is 12.5. The van der Waals surface area contributed by atoms with E-state index in [2.05, 4.69) is 10.3 Å². The van der Waals surface area contributed by atoms with Gasteiger partial charge in [0.05, 0.1) is 17.0 Å². The number of aliphatic carboxylic acids is 1. The van der Waals surface area contributed by atoms with Crippen molar-refractivity contribution in [2.45, 2.75) is 18.5 Å². The summed E-state index contributed by atoms with van der Waals surface area (Å²) in [6, 6.07) is 3.04. The average molecular weight is 392 g/mol. The number of alkyl halides is 5. The number of imidazole rings is 1. The fourth-order valence-electron chi connectivity index (χ4n) is 2.72. The number of carbonyl (C=O) groups excluding carboxylic acids is 1. The Morgan fingerprint density at radius 3 is 2.56 bits per heavy atom. The number of likely N-dealkylation sites (tertiary alicyclic amines) is 1. The maximum Gasteiger partial charge on any atom is 0.461 e. The fourth-order valence-corrected chi connectivity index (χ4v) is 2.72. The van der Waals surface area contributed by atoms with E-state index in [9.17, 15) is 31.5 Å². The Kier molecular flexibility index (Phi) is 4.44. The molecule has 1 fully saturated rings. The SMILES string of the molecule is O=C(O)C1CCN(C(=O)Nc2ccc3nc(C(F)(F)C(F)(F)F)[nH]c3c2)C1. The van der Waals surface area contributed by atoms with Crippen molar-refractivity contribution in [1.29, 1.82) is 0 Å². The van der Waals surface area contributed by atoms with Gasteiger partial charge in [-0.25, -0.2) is 9.78 Å². The van der Waals surface area contributed by atoms with Crippen molar-refractivity contribution >= 4 is 28.7 Å². The highest BCUT2D eigenvalue weighted by Gasteiger charge is 2.61. The number of urea groups is 1. The Hall–Kier alpha value is -2.92. The Morgan fingerprint density at radius 2 is 1.96 bits per heavy atom. The van der Waals surface area contributed by atoms with Gasteiger partial charge in [0.2, 0.25) is 0 Å². The summed E-state index contributed by atoms with van der Waals surface area (Å²) in [6.07, 6.45) is -5.49. The lowest BCUT2D eigenvalue weighted by Gasteiger charge is -2.16. The maximum absolute atomic E-state index is 13.4. The van der Waals surface area contributed by atoms with Crippen LogP contribution in [0.3, 0.4) is 0 Å². The van der Waals surface area contributed by atoms with E-state index >= 15 is 0 Å². The van der Waals surface area contributed by atoms with Crippen molar-refractivity contribution in [2.24, 2.45) is 5.92 Å². The number of H-pyrrole nitrogens is 1. The molecule has 1 saturated heterocycles. The Balaban J connectivity index is 1.77. The van der Waals surface area contributed by atoms with E-state index in [-0.39, 0.29) is 29.8 Å². The van der Waals surface area contributed by atoms with Crippen LogP contribution in [0.15, 0.2) is 18.2 Å². The van der Waals surface area contributed by atoms with Crippen molar-refractivity contribution in [1.82, 2.24) is 14.9 Å². The molecule has 1 unspecified atom stereocenters. The average Bonchev–Trinajstić information content (AvgIpc) is 3.20. The number of benzene rings is 1. The van der Waals surface area contributed by atoms with Crippen molar-refractivity contribution < 1.29 is 36.6 Å². The Morgan fingerprint density at radius 1 is 1.26 bits per heavy atom. The molecule has 12 heteroatoms. The van der Waals surface area contributed by atoms with Crippen molar-refractivity contribution in [3.63, 3.8) is 0 Å². The van der Waals surface area contributed by atoms with Crippen LogP contribution in [0, 0.1) is 5.92 Å². The van der Waals surface area contributed by atoms with Gasteiger partial charge in [0.15, 0.2) is 5.82 Å². The van der Waals surface area contributed by atoms with Crippen LogP contribution in [-0.4, -0.2) is 51.2 Å². The molecule has 0 saturated carbocycles. The van der Waals surface area contributed by atoms with Gasteiger partial charge in [-0.1, -0.05) is 0 Å². The van der Waals surface area contributed by atoms with Crippen LogP contribution in [0.2, 0.25) is 0 Å². The highest BCUT2D eigenvalue weighted by atomic mass is 19.4. The fraction of sp³-hybridized carbons (Fsp3) is 0.400. The molecule has 0 aliphatic carbocycles. The Bertz CT molecular complexity index is 895. The van der Waals surface area contributed by atoms with E-state index in [1.165, 1.54) is 23.1 Å². The molecular formula is C15H13F5N4O3. The lowest BCUT2D eigenvalue weighted by molar-refractivity contribution is -0.292. The first-order valence-electron chi connectivity index (χ1n) is 7.72. The van der Waals surface area contributed by atoms with Crippen molar-refractivity contribution in [3.05, 3.63) is 24.0 Å². The zero-order chi connectivity index (χ0) is 20.0. The van der Waals surface area contributed by atoms with Crippen LogP contribution in [0.1, 0.15) is 12.2 Å². The molecule has 2 amide bonds. The summed E-state index contributed by atoms with van der Waals surface area (Å²) in [5.74, 6) is -8.37. The summed E-state index contributed by atoms with van der Waals surface area (Å²) in [6.45, 7) is 0.256. The second-order valence-electron chi connectivity index (χ2n) is 6.09. The number of aromatic nitrogens is 2. The molecule has 1 aliphatic heterocycles. The number of nitrogens with zero attached hydrogens (tertiary/aromatic N) is 2. The van der Waals surface area contributed by atoms with Crippen LogP contribution in [0.4, 0.5) is 32.4 Å². The minimum atomic E-state index is -5.80. The summed E-state index contributed by atoms with van der Waals surface area (Å²) in [4.78, 5) is 29.5. The van der Waals surface area contributed by atoms with Gasteiger partial charge >= 0.3 is 24.1 Å². The maximum atomic E-state index is 13.4. The van der Waals surface area contributed by atoms with Crippen molar-refractivity contribution in [2.75, 3.05) is 18.4 Å². The normalized spacial score (nSPS) is 18.1. The molecule has 27 heavy (non-hydrogen) atoms. The van der Waals surface area contributed by atoms with Crippen LogP contribution in [0.25, 0.3) is 11.0 Å². The zero-order valence-corrected chi connectivity index (χ0v) is 13.5. The summed E-state index contributed by atoms with van der Waals surface area (Å²) < 4.78 is 64.1. The number of carboxylic acid groups (broad SMARTS) is 1. The van der Waals surface area contributed by atoms with Crippen molar-refractivity contribution in [3.8, 4) is 0 Å². The second-order valence-corrected chi connectivity index (χ2v) is 6.09. The lowest BCUT2D eigenvalue weighted by Crippen LogP contribution is -2.34. The molecule has 0 bridgehead atoms. The first-order valence-corrected chi connectivity index (χ1v) is 7.72. The molecule has 2 aromatic rings. The third-order valence-corrected chi connectivity index (χ3v) is 4.21. The molecule has 0 spiro atoms. The Labute approximate surface area is 148 Å². The molecule has 0 radical (unpaired) electrons. The number of hydrogen-bond acceptors (Lipinski definition) is 3. The minimum absolute atomic E-state index is 0.0232. The zero-order valence-electron chi connectivity index (χ0n) is 13.5. The largest absolute Gasteiger partial charge is 0.481 e. The summed E-state index contributed by atoms with van der Waals surface area (Å²) in [5, 5.41) is 11.4. The van der Waals surface area contributed by atoms with Gasteiger partial charge in [-0.2, -0.15) is 22.0 Å². The number of hydrogen-bond donors (Lipinski definition) is 3. The topological polar surface area (TPSA) is 98.3 Å². The van der Waals surface area contributed by atoms with E-state index in [1.54, 1.807) is 0 Å². The van der Waals surface area contributed by atoms with Gasteiger partial charge in [0.25, 0.3) is 0 Å². The van der Waals surface area contributed by atoms with E-state index in [4.69, 9.17) is 5.11 Å². The van der Waals surface area contributed by atoms with Gasteiger partial charge < -0.3 is 20.3 Å². The number of carbonyl (C=O) groups is 2. The molecule has 3 rings (SSSR count). The van der Waals surface area contributed by atoms with E-state index < -0.39 is 35.8 Å². The molecular weight excluding hydrogens is 379 g/mol. The first kappa shape index (κ1) is 18.9. The predicted molar refractivity (Wildman–Crippen MR) is 82.4 cm³/mol. The summed E-state index contributed by atoms with van der Waals surface area (Å²) in [5.41, 5.74) is -0.104. The monoisotopic (exact) mass is 392 g/mol. The molecule has 1 aliphatic rings. The number of nitrogens with one attached hydrogen (secondary N) is 2. The predicted octanol–water partition coefficient (Wildman–Crippen LogP) is 3.16. The highest BCUT2D eigenvalue weighted by molar-refractivity contribution is 5.92. The third kappa shape index (κ3) is 3.51. The van der Waals surface area contributed by atoms with Gasteiger partial charge in [-0.3, -0.25) is 4.79 Å². The van der Waals surface area contributed by atoms with Crippen LogP contribution >= 0.6 is 0 Å². The number of anilines is 1. The number of rotatable bonds is 3. The van der Waals surface area contributed by atoms with Crippen LogP contribution in [0.5, 0.6) is 0 Å². The molecule has 1 atom stereocenters. The highest BCUT2D eigenvalue weighted by Crippen LogP contribution is 2.43. The smallest absolute Gasteiger partial charge is 0.461 e. The van der Waals surface area contributed by atoms with Gasteiger partial charge in [-0.15, -0.1) is 0 Å². The number of halogens is 5. The number of amides is 2. The third-order valence-electron chi connectivity index (χ3n) is 4.21. The standard InChI is InChI=1S/C15H13F5N4O3/c16-14(17,15(18,19)20)12-22-9-2-1-8(5-10(9)23-12)21-13(27)24-4-3-7(6-24)11(25)26/h1-2,5,7H,3-4,6H2,(H,21,27)(H,22,23)(H,25,26). The summed E-state index contributed by atoms with van der Waals surface area (Å²) in [7, 11) is 0. The number of aromatic amines is 1. The molecule has 146 valence electrons. The summed E-state index contributed by atoms with van der Waals surface area (Å²) >= 11 is 0. The quantitative estimate of drug-likeness (QED) is 0.699. The molecule has 3 N–H and O–H groups in total.